The van der Waals surface area contributed by atoms with E-state index < -0.39 is 10.0 Å². The van der Waals surface area contributed by atoms with Gasteiger partial charge in [0.25, 0.3) is 0 Å². The first-order valence-corrected chi connectivity index (χ1v) is 12.5. The van der Waals surface area contributed by atoms with E-state index in [9.17, 15) is 8.42 Å². The van der Waals surface area contributed by atoms with E-state index in [1.165, 1.54) is 6.42 Å². The molecule has 1 atom stereocenters. The lowest BCUT2D eigenvalue weighted by Gasteiger charge is -2.29. The number of guanidine groups is 1. The molecular weight excluding hydrogens is 378 g/mol. The van der Waals surface area contributed by atoms with Gasteiger partial charge in [-0.25, -0.2) is 13.1 Å². The monoisotopic (exact) mass is 415 g/mol. The maximum Gasteiger partial charge on any atom is 0.213 e. The van der Waals surface area contributed by atoms with Crippen molar-refractivity contribution < 1.29 is 13.2 Å². The smallest absolute Gasteiger partial charge is 0.213 e. The lowest BCUT2D eigenvalue weighted by Crippen LogP contribution is -2.42. The summed E-state index contributed by atoms with van der Waals surface area (Å²) in [6.45, 7) is 10.5. The zero-order chi connectivity index (χ0) is 19.8. The van der Waals surface area contributed by atoms with E-state index in [0.717, 1.165) is 77.7 Å². The fraction of sp³-hybridized carbons (Fsp3) is 0.947. The van der Waals surface area contributed by atoms with E-state index in [-0.39, 0.29) is 5.75 Å². The number of morpholine rings is 1. The molecule has 2 heterocycles. The van der Waals surface area contributed by atoms with Crippen LogP contribution in [0.25, 0.3) is 0 Å². The van der Waals surface area contributed by atoms with Gasteiger partial charge in [0.15, 0.2) is 5.96 Å². The topological polar surface area (TPSA) is 86.3 Å². The van der Waals surface area contributed by atoms with E-state index in [2.05, 4.69) is 24.8 Å². The molecule has 0 amide bonds. The van der Waals surface area contributed by atoms with Crippen LogP contribution in [0.5, 0.6) is 0 Å². The first-order chi connectivity index (χ1) is 13.6. The predicted octanol–water partition coefficient (Wildman–Crippen LogP) is 0.326. The van der Waals surface area contributed by atoms with Crippen molar-refractivity contribution in [3.05, 3.63) is 0 Å². The van der Waals surface area contributed by atoms with Crippen LogP contribution in [0.3, 0.4) is 0 Å². The van der Waals surface area contributed by atoms with Gasteiger partial charge in [-0.3, -0.25) is 9.89 Å². The van der Waals surface area contributed by atoms with Crippen LogP contribution in [0.2, 0.25) is 0 Å². The molecule has 8 nitrogen and oxygen atoms in total. The zero-order valence-corrected chi connectivity index (χ0v) is 18.1. The number of rotatable bonds is 9. The number of aliphatic imine (C=N–C) groups is 1. The molecule has 28 heavy (non-hydrogen) atoms. The van der Waals surface area contributed by atoms with Crippen LogP contribution in [-0.2, 0) is 14.8 Å². The summed E-state index contributed by atoms with van der Waals surface area (Å²) in [6.07, 6.45) is 4.67. The molecule has 3 fully saturated rings. The standard InChI is InChI=1S/C19H37N5O3S/c1-2-20-19(21-7-13-28(25,26)22-14-17-4-3-5-17)24-8-6-18(16-24)15-23-9-11-27-12-10-23/h17-18,22H,2-16H2,1H3,(H,20,21). The molecule has 0 aromatic rings. The molecule has 1 unspecified atom stereocenters. The second kappa shape index (κ2) is 10.8. The summed E-state index contributed by atoms with van der Waals surface area (Å²) in [4.78, 5) is 9.37. The number of likely N-dealkylation sites (tertiary alicyclic amines) is 1. The number of hydrogen-bond donors (Lipinski definition) is 2. The first-order valence-electron chi connectivity index (χ1n) is 10.9. The molecule has 1 saturated carbocycles. The van der Waals surface area contributed by atoms with Crippen LogP contribution < -0.4 is 10.0 Å². The second-order valence-corrected chi connectivity index (χ2v) is 10.1. The minimum Gasteiger partial charge on any atom is -0.379 e. The fourth-order valence-corrected chi connectivity index (χ4v) is 5.00. The normalized spacial score (nSPS) is 25.1. The van der Waals surface area contributed by atoms with Crippen LogP contribution in [0.4, 0.5) is 0 Å². The summed E-state index contributed by atoms with van der Waals surface area (Å²) in [5, 5.41) is 3.33. The Labute approximate surface area is 170 Å². The van der Waals surface area contributed by atoms with Gasteiger partial charge in [-0.05, 0) is 38.0 Å². The molecule has 9 heteroatoms. The number of nitrogens with zero attached hydrogens (tertiary/aromatic N) is 3. The Morgan fingerprint density at radius 1 is 1.14 bits per heavy atom. The van der Waals surface area contributed by atoms with Gasteiger partial charge in [-0.1, -0.05) is 6.42 Å². The third-order valence-corrected chi connectivity index (χ3v) is 7.31. The maximum atomic E-state index is 12.2. The van der Waals surface area contributed by atoms with Crippen molar-refractivity contribution in [2.45, 2.75) is 32.6 Å². The Morgan fingerprint density at radius 2 is 1.93 bits per heavy atom. The van der Waals surface area contributed by atoms with Gasteiger partial charge in [0, 0.05) is 45.8 Å². The number of hydrogen-bond acceptors (Lipinski definition) is 5. The van der Waals surface area contributed by atoms with E-state index in [0.29, 0.717) is 24.9 Å². The van der Waals surface area contributed by atoms with E-state index in [1.807, 2.05) is 6.92 Å². The SMILES string of the molecule is CCNC(=NCCS(=O)(=O)NCC1CCC1)N1CCC(CN2CCOCC2)C1. The molecule has 2 saturated heterocycles. The Hall–Kier alpha value is -0.900. The summed E-state index contributed by atoms with van der Waals surface area (Å²) in [6, 6.07) is 0. The van der Waals surface area contributed by atoms with Gasteiger partial charge in [0.1, 0.15) is 0 Å². The molecular formula is C19H37N5O3S. The van der Waals surface area contributed by atoms with Crippen molar-refractivity contribution in [1.29, 1.82) is 0 Å². The van der Waals surface area contributed by atoms with Gasteiger partial charge < -0.3 is 15.0 Å². The molecule has 2 aliphatic heterocycles. The van der Waals surface area contributed by atoms with Crippen molar-refractivity contribution in [3.63, 3.8) is 0 Å². The van der Waals surface area contributed by atoms with E-state index in [1.54, 1.807) is 0 Å². The largest absolute Gasteiger partial charge is 0.379 e. The number of ether oxygens (including phenoxy) is 1. The summed E-state index contributed by atoms with van der Waals surface area (Å²) >= 11 is 0. The van der Waals surface area contributed by atoms with E-state index >= 15 is 0 Å². The van der Waals surface area contributed by atoms with Gasteiger partial charge in [-0.15, -0.1) is 0 Å². The fourth-order valence-electron chi connectivity index (χ4n) is 4.03. The zero-order valence-electron chi connectivity index (χ0n) is 17.2. The van der Waals surface area contributed by atoms with Gasteiger partial charge >= 0.3 is 0 Å². The van der Waals surface area contributed by atoms with Crippen molar-refractivity contribution >= 4 is 16.0 Å². The summed E-state index contributed by atoms with van der Waals surface area (Å²) in [5.74, 6) is 2.07. The lowest BCUT2D eigenvalue weighted by atomic mass is 9.86. The average Bonchev–Trinajstić information content (AvgIpc) is 3.08. The maximum absolute atomic E-state index is 12.2. The summed E-state index contributed by atoms with van der Waals surface area (Å²) in [7, 11) is -3.24. The van der Waals surface area contributed by atoms with Crippen LogP contribution in [0.15, 0.2) is 4.99 Å². The van der Waals surface area contributed by atoms with Crippen LogP contribution >= 0.6 is 0 Å². The summed E-state index contributed by atoms with van der Waals surface area (Å²) < 4.78 is 32.5. The Bertz CT molecular complexity index is 603. The molecule has 162 valence electrons. The highest BCUT2D eigenvalue weighted by molar-refractivity contribution is 7.89. The number of sulfonamides is 1. The molecule has 3 aliphatic rings. The third kappa shape index (κ3) is 6.86. The predicted molar refractivity (Wildman–Crippen MR) is 112 cm³/mol. The Morgan fingerprint density at radius 3 is 2.61 bits per heavy atom. The molecule has 0 spiro atoms. The minimum absolute atomic E-state index is 0.0552. The Kier molecular flexibility index (Phi) is 8.37. The van der Waals surface area contributed by atoms with Crippen molar-refractivity contribution in [2.75, 3.05) is 71.3 Å². The average molecular weight is 416 g/mol. The van der Waals surface area contributed by atoms with Crippen LogP contribution in [0, 0.1) is 11.8 Å². The highest BCUT2D eigenvalue weighted by atomic mass is 32.2. The van der Waals surface area contributed by atoms with Crippen LogP contribution in [-0.4, -0.2) is 95.5 Å². The van der Waals surface area contributed by atoms with Crippen molar-refractivity contribution in [2.24, 2.45) is 16.8 Å². The van der Waals surface area contributed by atoms with Gasteiger partial charge in [0.05, 0.1) is 25.5 Å². The second-order valence-electron chi connectivity index (χ2n) is 8.21. The molecule has 3 rings (SSSR count). The molecule has 0 radical (unpaired) electrons. The lowest BCUT2D eigenvalue weighted by molar-refractivity contribution is 0.0315. The number of nitrogens with one attached hydrogen (secondary N) is 2. The first kappa shape index (κ1) is 21.8. The van der Waals surface area contributed by atoms with Gasteiger partial charge in [-0.2, -0.15) is 0 Å². The van der Waals surface area contributed by atoms with Crippen LogP contribution in [0.1, 0.15) is 32.6 Å². The minimum atomic E-state index is -3.24. The molecule has 0 aromatic carbocycles. The molecule has 2 N–H and O–H groups in total. The molecule has 0 aromatic heterocycles. The highest BCUT2D eigenvalue weighted by Gasteiger charge is 2.27. The quantitative estimate of drug-likeness (QED) is 0.417. The van der Waals surface area contributed by atoms with Crippen molar-refractivity contribution in [3.8, 4) is 0 Å². The molecule has 0 bridgehead atoms. The highest BCUT2D eigenvalue weighted by Crippen LogP contribution is 2.25. The third-order valence-electron chi connectivity index (χ3n) is 5.98. The summed E-state index contributed by atoms with van der Waals surface area (Å²) in [5.41, 5.74) is 0. The Balaban J connectivity index is 1.44. The molecule has 1 aliphatic carbocycles. The van der Waals surface area contributed by atoms with Gasteiger partial charge in [0.2, 0.25) is 10.0 Å². The van der Waals surface area contributed by atoms with E-state index in [4.69, 9.17) is 4.74 Å². The van der Waals surface area contributed by atoms with Crippen molar-refractivity contribution in [1.82, 2.24) is 19.8 Å².